The number of anilines is 1. The maximum atomic E-state index is 12.8. The first kappa shape index (κ1) is 19.7. The van der Waals surface area contributed by atoms with Crippen LogP contribution in [0.3, 0.4) is 0 Å². The van der Waals surface area contributed by atoms with Gasteiger partial charge in [0.2, 0.25) is 0 Å². The molecule has 0 aliphatic rings. The predicted octanol–water partition coefficient (Wildman–Crippen LogP) is 4.40. The lowest BCUT2D eigenvalue weighted by atomic mass is 10.2. The number of rotatable bonds is 7. The first-order valence-corrected chi connectivity index (χ1v) is 9.60. The summed E-state index contributed by atoms with van der Waals surface area (Å²) in [7, 11) is 0. The van der Waals surface area contributed by atoms with Crippen molar-refractivity contribution in [3.8, 4) is 0 Å². The number of aryl methyl sites for hydroxylation is 1. The SMILES string of the molecule is Cc1cc(I)ccc1NC(=O)COC(=O)CCSc1ccc(F)cc1. The van der Waals surface area contributed by atoms with Crippen molar-refractivity contribution in [2.24, 2.45) is 0 Å². The Balaban J connectivity index is 1.68. The van der Waals surface area contributed by atoms with Gasteiger partial charge in [0.05, 0.1) is 6.42 Å². The molecule has 0 bridgehead atoms. The van der Waals surface area contributed by atoms with E-state index in [4.69, 9.17) is 4.74 Å². The van der Waals surface area contributed by atoms with Crippen molar-refractivity contribution in [2.45, 2.75) is 18.2 Å². The minimum absolute atomic E-state index is 0.178. The van der Waals surface area contributed by atoms with Crippen LogP contribution in [0.4, 0.5) is 10.1 Å². The van der Waals surface area contributed by atoms with Crippen molar-refractivity contribution in [3.05, 3.63) is 57.4 Å². The second kappa shape index (κ2) is 9.76. The third kappa shape index (κ3) is 7.03. The summed E-state index contributed by atoms with van der Waals surface area (Å²) in [5.41, 5.74) is 1.65. The minimum atomic E-state index is -0.441. The van der Waals surface area contributed by atoms with Crippen molar-refractivity contribution in [2.75, 3.05) is 17.7 Å². The van der Waals surface area contributed by atoms with E-state index in [1.165, 1.54) is 23.9 Å². The molecule has 0 spiro atoms. The molecule has 0 atom stereocenters. The standard InChI is InChI=1S/C18H17FINO3S/c1-12-10-14(20)4-7-16(12)21-17(22)11-24-18(23)8-9-25-15-5-2-13(19)3-6-15/h2-7,10H,8-9,11H2,1H3,(H,21,22). The van der Waals surface area contributed by atoms with Crippen LogP contribution in [-0.2, 0) is 14.3 Å². The van der Waals surface area contributed by atoms with Gasteiger partial charge >= 0.3 is 5.97 Å². The number of halogens is 2. The Morgan fingerprint density at radius 2 is 1.92 bits per heavy atom. The van der Waals surface area contributed by atoms with Crippen molar-refractivity contribution >= 4 is 51.9 Å². The molecule has 0 aromatic heterocycles. The highest BCUT2D eigenvalue weighted by molar-refractivity contribution is 14.1. The summed E-state index contributed by atoms with van der Waals surface area (Å²) in [4.78, 5) is 24.4. The number of carbonyl (C=O) groups is 2. The first-order chi connectivity index (χ1) is 11.9. The number of amides is 1. The van der Waals surface area contributed by atoms with Crippen LogP contribution in [0.1, 0.15) is 12.0 Å². The summed E-state index contributed by atoms with van der Waals surface area (Å²) < 4.78 is 18.8. The molecule has 0 heterocycles. The fourth-order valence-electron chi connectivity index (χ4n) is 1.95. The Bertz CT molecular complexity index is 752. The molecule has 2 rings (SSSR count). The molecule has 0 radical (unpaired) electrons. The topological polar surface area (TPSA) is 55.4 Å². The summed E-state index contributed by atoms with van der Waals surface area (Å²) >= 11 is 3.63. The molecule has 0 unspecified atom stereocenters. The fraction of sp³-hybridized carbons (Fsp3) is 0.222. The second-order valence-corrected chi connectivity index (χ2v) is 7.63. The molecule has 1 N–H and O–H groups in total. The largest absolute Gasteiger partial charge is 0.456 e. The van der Waals surface area contributed by atoms with Gasteiger partial charge in [-0.3, -0.25) is 9.59 Å². The van der Waals surface area contributed by atoms with Crippen molar-refractivity contribution < 1.29 is 18.7 Å². The normalized spacial score (nSPS) is 10.4. The summed E-state index contributed by atoms with van der Waals surface area (Å²) in [5.74, 6) is -0.603. The Hall–Kier alpha value is -1.61. The van der Waals surface area contributed by atoms with Gasteiger partial charge in [0.25, 0.3) is 5.91 Å². The van der Waals surface area contributed by atoms with Gasteiger partial charge < -0.3 is 10.1 Å². The molecule has 1 amide bonds. The maximum absolute atomic E-state index is 12.8. The highest BCUT2D eigenvalue weighted by Crippen LogP contribution is 2.19. The van der Waals surface area contributed by atoms with Gasteiger partial charge in [0, 0.05) is 19.9 Å². The Kier molecular flexibility index (Phi) is 7.70. The van der Waals surface area contributed by atoms with Crippen LogP contribution in [-0.4, -0.2) is 24.2 Å². The van der Waals surface area contributed by atoms with E-state index in [1.54, 1.807) is 12.1 Å². The predicted molar refractivity (Wildman–Crippen MR) is 105 cm³/mol. The Morgan fingerprint density at radius 3 is 2.60 bits per heavy atom. The van der Waals surface area contributed by atoms with E-state index >= 15 is 0 Å². The van der Waals surface area contributed by atoms with Crippen LogP contribution in [0.15, 0.2) is 47.4 Å². The molecule has 0 saturated carbocycles. The Labute approximate surface area is 163 Å². The molecule has 0 aliphatic carbocycles. The summed E-state index contributed by atoms with van der Waals surface area (Å²) in [6.07, 6.45) is 0.178. The van der Waals surface area contributed by atoms with E-state index in [0.29, 0.717) is 11.4 Å². The first-order valence-electron chi connectivity index (χ1n) is 7.54. The zero-order valence-electron chi connectivity index (χ0n) is 13.6. The van der Waals surface area contributed by atoms with Crippen molar-refractivity contribution in [3.63, 3.8) is 0 Å². The molecule has 2 aromatic carbocycles. The van der Waals surface area contributed by atoms with Gasteiger partial charge in [0.15, 0.2) is 6.61 Å². The van der Waals surface area contributed by atoms with Gasteiger partial charge in [-0.15, -0.1) is 11.8 Å². The van der Waals surface area contributed by atoms with Gasteiger partial charge in [-0.1, -0.05) is 0 Å². The molecular formula is C18H17FINO3S. The van der Waals surface area contributed by atoms with E-state index in [-0.39, 0.29) is 24.8 Å². The van der Waals surface area contributed by atoms with Crippen LogP contribution in [0.25, 0.3) is 0 Å². The van der Waals surface area contributed by atoms with E-state index in [9.17, 15) is 14.0 Å². The molecule has 0 fully saturated rings. The van der Waals surface area contributed by atoms with Gasteiger partial charge in [-0.2, -0.15) is 0 Å². The average Bonchev–Trinajstić information content (AvgIpc) is 2.57. The van der Waals surface area contributed by atoms with Gasteiger partial charge in [-0.25, -0.2) is 4.39 Å². The number of ether oxygens (including phenoxy) is 1. The number of thioether (sulfide) groups is 1. The van der Waals surface area contributed by atoms with E-state index in [0.717, 1.165) is 14.0 Å². The van der Waals surface area contributed by atoms with Gasteiger partial charge in [-0.05, 0) is 77.5 Å². The average molecular weight is 473 g/mol. The maximum Gasteiger partial charge on any atom is 0.307 e. The van der Waals surface area contributed by atoms with Crippen LogP contribution < -0.4 is 5.32 Å². The molecule has 2 aromatic rings. The minimum Gasteiger partial charge on any atom is -0.456 e. The monoisotopic (exact) mass is 473 g/mol. The van der Waals surface area contributed by atoms with Crippen LogP contribution in [0.2, 0.25) is 0 Å². The van der Waals surface area contributed by atoms with E-state index in [2.05, 4.69) is 27.9 Å². The highest BCUT2D eigenvalue weighted by atomic mass is 127. The van der Waals surface area contributed by atoms with E-state index < -0.39 is 5.97 Å². The molecule has 7 heteroatoms. The van der Waals surface area contributed by atoms with E-state index in [1.807, 2.05) is 25.1 Å². The molecule has 4 nitrogen and oxygen atoms in total. The zero-order chi connectivity index (χ0) is 18.2. The summed E-state index contributed by atoms with van der Waals surface area (Å²) in [6, 6.07) is 11.7. The molecule has 132 valence electrons. The quantitative estimate of drug-likeness (QED) is 0.368. The lowest BCUT2D eigenvalue weighted by Gasteiger charge is -2.09. The number of esters is 1. The fourth-order valence-corrected chi connectivity index (χ4v) is 3.43. The molecular weight excluding hydrogens is 456 g/mol. The van der Waals surface area contributed by atoms with Crippen molar-refractivity contribution in [1.29, 1.82) is 0 Å². The zero-order valence-corrected chi connectivity index (χ0v) is 16.5. The Morgan fingerprint density at radius 1 is 1.20 bits per heavy atom. The summed E-state index contributed by atoms with van der Waals surface area (Å²) in [5, 5.41) is 2.72. The smallest absolute Gasteiger partial charge is 0.307 e. The summed E-state index contributed by atoms with van der Waals surface area (Å²) in [6.45, 7) is 1.59. The number of benzene rings is 2. The number of hydrogen-bond donors (Lipinski definition) is 1. The molecule has 0 saturated heterocycles. The molecule has 0 aliphatic heterocycles. The second-order valence-electron chi connectivity index (χ2n) is 5.22. The number of carbonyl (C=O) groups excluding carboxylic acids is 2. The van der Waals surface area contributed by atoms with Crippen molar-refractivity contribution in [1.82, 2.24) is 0 Å². The molecule has 25 heavy (non-hydrogen) atoms. The highest BCUT2D eigenvalue weighted by Gasteiger charge is 2.09. The van der Waals surface area contributed by atoms with Crippen LogP contribution >= 0.6 is 34.4 Å². The lowest BCUT2D eigenvalue weighted by Crippen LogP contribution is -2.21. The lowest BCUT2D eigenvalue weighted by molar-refractivity contribution is -0.146. The number of nitrogens with one attached hydrogen (secondary N) is 1. The third-order valence-electron chi connectivity index (χ3n) is 3.22. The van der Waals surface area contributed by atoms with Crippen LogP contribution in [0, 0.1) is 16.3 Å². The van der Waals surface area contributed by atoms with Crippen LogP contribution in [0.5, 0.6) is 0 Å². The van der Waals surface area contributed by atoms with Gasteiger partial charge in [0.1, 0.15) is 5.82 Å². The number of hydrogen-bond acceptors (Lipinski definition) is 4. The third-order valence-corrected chi connectivity index (χ3v) is 4.90.